The van der Waals surface area contributed by atoms with Gasteiger partial charge in [0.25, 0.3) is 5.91 Å². The van der Waals surface area contributed by atoms with Gasteiger partial charge in [-0.3, -0.25) is 9.36 Å². The number of hydrogen-bond acceptors (Lipinski definition) is 5. The van der Waals surface area contributed by atoms with Crippen LogP contribution in [0, 0.1) is 5.82 Å². The minimum atomic E-state index is -0.296. The van der Waals surface area contributed by atoms with Crippen molar-refractivity contribution in [3.05, 3.63) is 89.4 Å². The third-order valence-corrected chi connectivity index (χ3v) is 5.74. The van der Waals surface area contributed by atoms with E-state index in [1.54, 1.807) is 36.2 Å². The van der Waals surface area contributed by atoms with Gasteiger partial charge in [-0.25, -0.2) is 4.39 Å². The Morgan fingerprint density at radius 3 is 2.68 bits per heavy atom. The molecule has 1 N–H and O–H groups in total. The van der Waals surface area contributed by atoms with Gasteiger partial charge in [-0.05, 0) is 54.4 Å². The van der Waals surface area contributed by atoms with E-state index in [-0.39, 0.29) is 11.7 Å². The molecule has 0 spiro atoms. The highest BCUT2D eigenvalue weighted by Gasteiger charge is 2.15. The monoisotopic (exact) mass is 436 g/mol. The Kier molecular flexibility index (Phi) is 6.47. The molecule has 0 aliphatic carbocycles. The number of carbonyl (C=O) groups is 1. The van der Waals surface area contributed by atoms with Crippen LogP contribution in [0.5, 0.6) is 0 Å². The minimum absolute atomic E-state index is 0.173. The number of benzene rings is 2. The number of hydrogen-bond donors (Lipinski definition) is 1. The molecule has 0 saturated heterocycles. The van der Waals surface area contributed by atoms with Gasteiger partial charge in [0.1, 0.15) is 5.82 Å². The molecule has 6 nitrogen and oxygen atoms in total. The first-order valence-corrected chi connectivity index (χ1v) is 10.8. The van der Waals surface area contributed by atoms with Crippen molar-refractivity contribution in [1.82, 2.24) is 20.1 Å². The van der Waals surface area contributed by atoms with Gasteiger partial charge in [0.2, 0.25) is 0 Å². The van der Waals surface area contributed by atoms with Crippen LogP contribution in [0.3, 0.4) is 0 Å². The molecule has 0 saturated carbocycles. The summed E-state index contributed by atoms with van der Waals surface area (Å²) in [5.41, 5.74) is 2.42. The number of aromatic nitrogens is 3. The molecule has 0 atom stereocenters. The van der Waals surface area contributed by atoms with Gasteiger partial charge < -0.3 is 9.73 Å². The van der Waals surface area contributed by atoms with Gasteiger partial charge >= 0.3 is 0 Å². The summed E-state index contributed by atoms with van der Waals surface area (Å²) in [7, 11) is 0. The van der Waals surface area contributed by atoms with Gasteiger partial charge in [-0.1, -0.05) is 36.0 Å². The Balaban J connectivity index is 1.40. The van der Waals surface area contributed by atoms with E-state index in [4.69, 9.17) is 4.42 Å². The predicted octanol–water partition coefficient (Wildman–Crippen LogP) is 4.92. The van der Waals surface area contributed by atoms with Crippen molar-refractivity contribution in [2.75, 3.05) is 0 Å². The average Bonchev–Trinajstić information content (AvgIpc) is 3.46. The lowest BCUT2D eigenvalue weighted by atomic mass is 10.1. The predicted molar refractivity (Wildman–Crippen MR) is 117 cm³/mol. The number of thioether (sulfide) groups is 1. The molecule has 0 fully saturated rings. The molecule has 0 unspecified atom stereocenters. The van der Waals surface area contributed by atoms with Crippen LogP contribution < -0.4 is 5.32 Å². The maximum atomic E-state index is 13.0. The van der Waals surface area contributed by atoms with Crippen LogP contribution in [0.25, 0.3) is 11.6 Å². The molecule has 0 aliphatic rings. The zero-order valence-electron chi connectivity index (χ0n) is 16.9. The first kappa shape index (κ1) is 20.9. The second-order valence-corrected chi connectivity index (χ2v) is 7.77. The van der Waals surface area contributed by atoms with E-state index >= 15 is 0 Å². The molecular weight excluding hydrogens is 415 g/mol. The molecule has 31 heavy (non-hydrogen) atoms. The van der Waals surface area contributed by atoms with Gasteiger partial charge in [0.05, 0.1) is 6.26 Å². The number of amides is 1. The highest BCUT2D eigenvalue weighted by atomic mass is 32.2. The molecule has 2 heterocycles. The standard InChI is InChI=1S/C23H21FN4O2S/c1-2-28-21(20-7-4-12-30-20)26-27-23(28)31-15-17-5-3-6-18(13-17)22(29)25-14-16-8-10-19(24)11-9-16/h3-13H,2,14-15H2,1H3,(H,25,29). The normalized spacial score (nSPS) is 10.9. The summed E-state index contributed by atoms with van der Waals surface area (Å²) >= 11 is 1.56. The average molecular weight is 437 g/mol. The summed E-state index contributed by atoms with van der Waals surface area (Å²) in [6, 6.07) is 17.2. The van der Waals surface area contributed by atoms with E-state index in [1.165, 1.54) is 12.1 Å². The number of nitrogens with one attached hydrogen (secondary N) is 1. The zero-order chi connectivity index (χ0) is 21.6. The van der Waals surface area contributed by atoms with E-state index in [9.17, 15) is 9.18 Å². The Morgan fingerprint density at radius 1 is 1.10 bits per heavy atom. The van der Waals surface area contributed by atoms with Crippen LogP contribution >= 0.6 is 11.8 Å². The third kappa shape index (κ3) is 5.03. The fourth-order valence-electron chi connectivity index (χ4n) is 3.11. The number of furan rings is 1. The maximum absolute atomic E-state index is 13.0. The van der Waals surface area contributed by atoms with Crippen LogP contribution in [-0.2, 0) is 18.8 Å². The summed E-state index contributed by atoms with van der Waals surface area (Å²) in [6.07, 6.45) is 1.61. The van der Waals surface area contributed by atoms with Crippen LogP contribution in [0.15, 0.2) is 76.5 Å². The highest BCUT2D eigenvalue weighted by Crippen LogP contribution is 2.26. The zero-order valence-corrected chi connectivity index (χ0v) is 17.7. The van der Waals surface area contributed by atoms with Crippen molar-refractivity contribution in [1.29, 1.82) is 0 Å². The highest BCUT2D eigenvalue weighted by molar-refractivity contribution is 7.98. The van der Waals surface area contributed by atoms with E-state index in [2.05, 4.69) is 15.5 Å². The summed E-state index contributed by atoms with van der Waals surface area (Å²) in [4.78, 5) is 12.5. The number of rotatable bonds is 8. The lowest BCUT2D eigenvalue weighted by molar-refractivity contribution is 0.0951. The van der Waals surface area contributed by atoms with Crippen molar-refractivity contribution in [2.45, 2.75) is 30.9 Å². The van der Waals surface area contributed by atoms with Crippen molar-refractivity contribution >= 4 is 17.7 Å². The largest absolute Gasteiger partial charge is 0.461 e. The Labute approximate surface area is 183 Å². The van der Waals surface area contributed by atoms with Gasteiger partial charge in [-0.2, -0.15) is 0 Å². The number of halogens is 1. The fourth-order valence-corrected chi connectivity index (χ4v) is 4.05. The van der Waals surface area contributed by atoms with Crippen LogP contribution in [-0.4, -0.2) is 20.7 Å². The van der Waals surface area contributed by atoms with Gasteiger partial charge in [0.15, 0.2) is 16.7 Å². The van der Waals surface area contributed by atoms with E-state index in [0.717, 1.165) is 22.8 Å². The lowest BCUT2D eigenvalue weighted by Gasteiger charge is -2.08. The Hall–Kier alpha value is -3.39. The molecule has 2 aromatic carbocycles. The molecule has 2 aromatic heterocycles. The van der Waals surface area contributed by atoms with Crippen LogP contribution in [0.1, 0.15) is 28.4 Å². The van der Waals surface area contributed by atoms with Crippen LogP contribution in [0.4, 0.5) is 4.39 Å². The van der Waals surface area contributed by atoms with Crippen molar-refractivity contribution in [2.24, 2.45) is 0 Å². The Morgan fingerprint density at radius 2 is 1.94 bits per heavy atom. The molecule has 0 bridgehead atoms. The molecular formula is C23H21FN4O2S. The first-order chi connectivity index (χ1) is 15.1. The second-order valence-electron chi connectivity index (χ2n) is 6.83. The smallest absolute Gasteiger partial charge is 0.251 e. The molecule has 4 aromatic rings. The molecule has 0 aliphatic heterocycles. The summed E-state index contributed by atoms with van der Waals surface area (Å²) in [6.45, 7) is 3.09. The van der Waals surface area contributed by atoms with Crippen molar-refractivity contribution in [3.8, 4) is 11.6 Å². The maximum Gasteiger partial charge on any atom is 0.251 e. The van der Waals surface area contributed by atoms with Gasteiger partial charge in [0, 0.05) is 24.4 Å². The molecule has 1 amide bonds. The van der Waals surface area contributed by atoms with E-state index < -0.39 is 0 Å². The van der Waals surface area contributed by atoms with Gasteiger partial charge in [-0.15, -0.1) is 10.2 Å². The van der Waals surface area contributed by atoms with E-state index in [1.807, 2.05) is 41.8 Å². The Bertz CT molecular complexity index is 1160. The SMILES string of the molecule is CCn1c(SCc2cccc(C(=O)NCc3ccc(F)cc3)c2)nnc1-c1ccco1. The molecule has 4 rings (SSSR count). The second kappa shape index (κ2) is 9.61. The van der Waals surface area contributed by atoms with Crippen LogP contribution in [0.2, 0.25) is 0 Å². The first-order valence-electron chi connectivity index (χ1n) is 9.85. The molecule has 8 heteroatoms. The summed E-state index contributed by atoms with van der Waals surface area (Å²) in [5.74, 6) is 1.56. The summed E-state index contributed by atoms with van der Waals surface area (Å²) < 4.78 is 20.5. The third-order valence-electron chi connectivity index (χ3n) is 4.70. The summed E-state index contributed by atoms with van der Waals surface area (Å²) in [5, 5.41) is 12.2. The quantitative estimate of drug-likeness (QED) is 0.397. The number of nitrogens with zero attached hydrogens (tertiary/aromatic N) is 3. The molecule has 158 valence electrons. The van der Waals surface area contributed by atoms with Crippen molar-refractivity contribution < 1.29 is 13.6 Å². The fraction of sp³-hybridized carbons (Fsp3) is 0.174. The lowest BCUT2D eigenvalue weighted by Crippen LogP contribution is -2.22. The molecule has 0 radical (unpaired) electrons. The topological polar surface area (TPSA) is 73.0 Å². The number of carbonyl (C=O) groups excluding carboxylic acids is 1. The minimum Gasteiger partial charge on any atom is -0.461 e. The van der Waals surface area contributed by atoms with E-state index in [0.29, 0.717) is 29.4 Å². The van der Waals surface area contributed by atoms with Crippen molar-refractivity contribution in [3.63, 3.8) is 0 Å².